The molecule has 0 radical (unpaired) electrons. The van der Waals surface area contributed by atoms with Gasteiger partial charge in [-0.15, -0.1) is 0 Å². The molecule has 2 aromatic carbocycles. The highest BCUT2D eigenvalue weighted by Gasteiger charge is 2.14. The van der Waals surface area contributed by atoms with Crippen molar-refractivity contribution in [2.75, 3.05) is 11.9 Å². The number of benzene rings is 2. The quantitative estimate of drug-likeness (QED) is 0.772. The minimum Gasteiger partial charge on any atom is -0.338 e. The third-order valence-electron chi connectivity index (χ3n) is 4.38. The molecular weight excluding hydrogens is 348 g/mol. The molecule has 0 saturated heterocycles. The molecule has 0 atom stereocenters. The van der Waals surface area contributed by atoms with Crippen LogP contribution in [0.25, 0.3) is 0 Å². The number of amides is 2. The summed E-state index contributed by atoms with van der Waals surface area (Å²) in [6.07, 6.45) is 1.09. The van der Waals surface area contributed by atoms with E-state index in [-0.39, 0.29) is 18.2 Å². The summed E-state index contributed by atoms with van der Waals surface area (Å²) >= 11 is 6.18. The summed E-state index contributed by atoms with van der Waals surface area (Å²) in [5.41, 5.74) is 3.90. The summed E-state index contributed by atoms with van der Waals surface area (Å²) in [5, 5.41) is 3.62. The van der Waals surface area contributed by atoms with Crippen molar-refractivity contribution in [3.8, 4) is 0 Å². The van der Waals surface area contributed by atoms with E-state index in [9.17, 15) is 9.59 Å². The average Bonchev–Trinajstić information content (AvgIpc) is 2.61. The number of hydrogen-bond donors (Lipinski definition) is 1. The monoisotopic (exact) mass is 372 g/mol. The second kappa shape index (κ2) is 9.39. The molecule has 0 aromatic heterocycles. The molecule has 26 heavy (non-hydrogen) atoms. The minimum absolute atomic E-state index is 0.0807. The first-order valence-electron chi connectivity index (χ1n) is 8.79. The molecule has 5 heteroatoms. The van der Waals surface area contributed by atoms with Gasteiger partial charge < -0.3 is 10.2 Å². The fourth-order valence-corrected chi connectivity index (χ4v) is 3.02. The van der Waals surface area contributed by atoms with Crippen LogP contribution in [-0.2, 0) is 22.6 Å². The second-order valence-electron chi connectivity index (χ2n) is 6.29. The zero-order valence-electron chi connectivity index (χ0n) is 15.5. The van der Waals surface area contributed by atoms with Crippen LogP contribution in [0, 0.1) is 6.92 Å². The molecule has 2 rings (SSSR count). The van der Waals surface area contributed by atoms with Gasteiger partial charge in [-0.2, -0.15) is 0 Å². The molecule has 0 heterocycles. The van der Waals surface area contributed by atoms with Crippen molar-refractivity contribution in [3.63, 3.8) is 0 Å². The molecular formula is C21H25ClN2O2. The SMILES string of the molecule is CCc1cccc(C)c1NC(=O)CCN(Cc1ccccc1Cl)C(C)=O. The van der Waals surface area contributed by atoms with E-state index in [1.165, 1.54) is 6.92 Å². The van der Waals surface area contributed by atoms with Gasteiger partial charge >= 0.3 is 0 Å². The molecule has 0 aliphatic rings. The van der Waals surface area contributed by atoms with E-state index in [0.717, 1.165) is 28.8 Å². The smallest absolute Gasteiger partial charge is 0.226 e. The number of para-hydroxylation sites is 1. The van der Waals surface area contributed by atoms with Crippen molar-refractivity contribution < 1.29 is 9.59 Å². The number of rotatable bonds is 7. The van der Waals surface area contributed by atoms with Gasteiger partial charge in [-0.05, 0) is 36.1 Å². The van der Waals surface area contributed by atoms with Gasteiger partial charge in [-0.1, -0.05) is 54.9 Å². The van der Waals surface area contributed by atoms with Crippen molar-refractivity contribution in [2.45, 2.75) is 40.2 Å². The molecule has 1 N–H and O–H groups in total. The largest absolute Gasteiger partial charge is 0.338 e. The Balaban J connectivity index is 2.00. The maximum absolute atomic E-state index is 12.4. The van der Waals surface area contributed by atoms with E-state index in [0.29, 0.717) is 18.1 Å². The van der Waals surface area contributed by atoms with Gasteiger partial charge in [0, 0.05) is 37.1 Å². The number of nitrogens with one attached hydrogen (secondary N) is 1. The number of aryl methyl sites for hydroxylation is 2. The Morgan fingerprint density at radius 2 is 1.77 bits per heavy atom. The third-order valence-corrected chi connectivity index (χ3v) is 4.75. The van der Waals surface area contributed by atoms with Crippen LogP contribution >= 0.6 is 11.6 Å². The zero-order chi connectivity index (χ0) is 19.1. The van der Waals surface area contributed by atoms with E-state index >= 15 is 0 Å². The van der Waals surface area contributed by atoms with Crippen LogP contribution in [-0.4, -0.2) is 23.3 Å². The van der Waals surface area contributed by atoms with Crippen molar-refractivity contribution in [1.29, 1.82) is 0 Å². The lowest BCUT2D eigenvalue weighted by Gasteiger charge is -2.22. The maximum Gasteiger partial charge on any atom is 0.226 e. The van der Waals surface area contributed by atoms with Gasteiger partial charge in [0.15, 0.2) is 0 Å². The van der Waals surface area contributed by atoms with E-state index in [4.69, 9.17) is 11.6 Å². The minimum atomic E-state index is -0.0978. The fraction of sp³-hybridized carbons (Fsp3) is 0.333. The number of carbonyl (C=O) groups is 2. The van der Waals surface area contributed by atoms with Crippen molar-refractivity contribution in [2.24, 2.45) is 0 Å². The summed E-state index contributed by atoms with van der Waals surface area (Å²) in [7, 11) is 0. The maximum atomic E-state index is 12.4. The van der Waals surface area contributed by atoms with Crippen LogP contribution in [0.5, 0.6) is 0 Å². The first-order valence-corrected chi connectivity index (χ1v) is 9.17. The molecule has 4 nitrogen and oxygen atoms in total. The number of halogens is 1. The van der Waals surface area contributed by atoms with Gasteiger partial charge in [0.1, 0.15) is 0 Å². The lowest BCUT2D eigenvalue weighted by molar-refractivity contribution is -0.129. The van der Waals surface area contributed by atoms with Crippen LogP contribution in [0.15, 0.2) is 42.5 Å². The molecule has 2 amide bonds. The Morgan fingerprint density at radius 3 is 2.42 bits per heavy atom. The number of nitrogens with zero attached hydrogens (tertiary/aromatic N) is 1. The summed E-state index contributed by atoms with van der Waals surface area (Å²) in [5.74, 6) is -0.178. The molecule has 0 spiro atoms. The number of anilines is 1. The van der Waals surface area contributed by atoms with Crippen molar-refractivity contribution in [3.05, 3.63) is 64.2 Å². The van der Waals surface area contributed by atoms with E-state index in [1.807, 2.05) is 43.3 Å². The Hall–Kier alpha value is -2.33. The van der Waals surface area contributed by atoms with Crippen molar-refractivity contribution >= 4 is 29.1 Å². The third kappa shape index (κ3) is 5.33. The Morgan fingerprint density at radius 1 is 1.08 bits per heavy atom. The first kappa shape index (κ1) is 20.0. The number of hydrogen-bond acceptors (Lipinski definition) is 2. The lowest BCUT2D eigenvalue weighted by Crippen LogP contribution is -2.31. The normalized spacial score (nSPS) is 10.5. The second-order valence-corrected chi connectivity index (χ2v) is 6.70. The Labute approximate surface area is 160 Å². The molecule has 138 valence electrons. The standard InChI is InChI=1S/C21H25ClN2O2/c1-4-17-10-7-8-15(2)21(17)23-20(26)12-13-24(16(3)25)14-18-9-5-6-11-19(18)22/h5-11H,4,12-14H2,1-3H3,(H,23,26). The molecule has 0 saturated carbocycles. The van der Waals surface area contributed by atoms with E-state index < -0.39 is 0 Å². The first-order chi connectivity index (χ1) is 12.4. The average molecular weight is 373 g/mol. The van der Waals surface area contributed by atoms with Crippen LogP contribution in [0.1, 0.15) is 37.0 Å². The Kier molecular flexibility index (Phi) is 7.22. The molecule has 0 bridgehead atoms. The van der Waals surface area contributed by atoms with Gasteiger partial charge in [0.2, 0.25) is 11.8 Å². The molecule has 0 aliphatic carbocycles. The number of carbonyl (C=O) groups excluding carboxylic acids is 2. The zero-order valence-corrected chi connectivity index (χ0v) is 16.3. The van der Waals surface area contributed by atoms with Gasteiger partial charge in [-0.3, -0.25) is 9.59 Å². The van der Waals surface area contributed by atoms with Gasteiger partial charge in [0.25, 0.3) is 0 Å². The predicted molar refractivity (Wildman–Crippen MR) is 106 cm³/mol. The Bertz CT molecular complexity index is 789. The molecule has 2 aromatic rings. The van der Waals surface area contributed by atoms with Crippen LogP contribution in [0.4, 0.5) is 5.69 Å². The fourth-order valence-electron chi connectivity index (χ4n) is 2.82. The van der Waals surface area contributed by atoms with E-state index in [2.05, 4.69) is 12.2 Å². The van der Waals surface area contributed by atoms with Crippen LogP contribution in [0.2, 0.25) is 5.02 Å². The summed E-state index contributed by atoms with van der Waals surface area (Å²) in [4.78, 5) is 26.0. The van der Waals surface area contributed by atoms with Crippen molar-refractivity contribution in [1.82, 2.24) is 4.90 Å². The lowest BCUT2D eigenvalue weighted by atomic mass is 10.1. The highest BCUT2D eigenvalue weighted by atomic mass is 35.5. The molecule has 0 unspecified atom stereocenters. The predicted octanol–water partition coefficient (Wildman–Crippen LogP) is 4.59. The van der Waals surface area contributed by atoms with Gasteiger partial charge in [-0.25, -0.2) is 0 Å². The van der Waals surface area contributed by atoms with Crippen LogP contribution in [0.3, 0.4) is 0 Å². The molecule has 0 fully saturated rings. The highest BCUT2D eigenvalue weighted by Crippen LogP contribution is 2.21. The van der Waals surface area contributed by atoms with Gasteiger partial charge in [0.05, 0.1) is 0 Å². The topological polar surface area (TPSA) is 49.4 Å². The van der Waals surface area contributed by atoms with E-state index in [1.54, 1.807) is 11.0 Å². The van der Waals surface area contributed by atoms with Crippen LogP contribution < -0.4 is 5.32 Å². The summed E-state index contributed by atoms with van der Waals surface area (Å²) < 4.78 is 0. The highest BCUT2D eigenvalue weighted by molar-refractivity contribution is 6.31. The summed E-state index contributed by atoms with van der Waals surface area (Å²) in [6.45, 7) is 6.29. The molecule has 0 aliphatic heterocycles. The summed E-state index contributed by atoms with van der Waals surface area (Å²) in [6, 6.07) is 13.4.